The van der Waals surface area contributed by atoms with E-state index in [1.807, 2.05) is 0 Å². The van der Waals surface area contributed by atoms with Crippen molar-refractivity contribution in [2.75, 3.05) is 6.61 Å². The number of hydrogen-bond donors (Lipinski definition) is 3. The number of aromatic nitrogens is 2. The van der Waals surface area contributed by atoms with E-state index in [9.17, 15) is 10.1 Å². The van der Waals surface area contributed by atoms with Crippen LogP contribution in [0.3, 0.4) is 0 Å². The molecule has 1 rings (SSSR count). The van der Waals surface area contributed by atoms with E-state index in [-0.39, 0.29) is 18.0 Å². The third-order valence-corrected chi connectivity index (χ3v) is 1.43. The second kappa shape index (κ2) is 3.28. The first kappa shape index (κ1) is 8.62. The monoisotopic (exact) mass is 172 g/mol. The van der Waals surface area contributed by atoms with Crippen LogP contribution in [0.15, 0.2) is 6.20 Å². The van der Waals surface area contributed by atoms with Crippen molar-refractivity contribution in [3.63, 3.8) is 0 Å². The molecule has 0 fully saturated rings. The number of nitro groups is 1. The number of rotatable bonds is 3. The van der Waals surface area contributed by atoms with Gasteiger partial charge >= 0.3 is 5.82 Å². The lowest BCUT2D eigenvalue weighted by molar-refractivity contribution is -0.390. The lowest BCUT2D eigenvalue weighted by atomic mass is 10.2. The Balaban J connectivity index is 2.98. The molecular formula is C5H8N4O3. The van der Waals surface area contributed by atoms with Gasteiger partial charge in [-0.25, -0.2) is 0 Å². The van der Waals surface area contributed by atoms with Crippen molar-refractivity contribution in [3.05, 3.63) is 21.9 Å². The summed E-state index contributed by atoms with van der Waals surface area (Å²) >= 11 is 0. The van der Waals surface area contributed by atoms with Gasteiger partial charge in [0.15, 0.2) is 0 Å². The topological polar surface area (TPSA) is 118 Å². The Morgan fingerprint density at radius 1 is 1.92 bits per heavy atom. The molecule has 0 spiro atoms. The molecule has 0 amide bonds. The van der Waals surface area contributed by atoms with Crippen molar-refractivity contribution in [2.24, 2.45) is 5.73 Å². The first-order valence-corrected chi connectivity index (χ1v) is 3.21. The molecule has 0 aromatic carbocycles. The molecule has 7 heteroatoms. The second-order valence-corrected chi connectivity index (χ2v) is 2.22. The summed E-state index contributed by atoms with van der Waals surface area (Å²) in [7, 11) is 0. The highest BCUT2D eigenvalue weighted by Gasteiger charge is 2.19. The van der Waals surface area contributed by atoms with Crippen LogP contribution in [0, 0.1) is 10.1 Å². The molecule has 0 aliphatic heterocycles. The third-order valence-electron chi connectivity index (χ3n) is 1.43. The van der Waals surface area contributed by atoms with Gasteiger partial charge in [-0.1, -0.05) is 5.10 Å². The van der Waals surface area contributed by atoms with Gasteiger partial charge in [-0.15, -0.1) is 5.10 Å². The molecule has 0 radical (unpaired) electrons. The number of aliphatic hydroxyl groups excluding tert-OH is 1. The fourth-order valence-corrected chi connectivity index (χ4v) is 0.805. The van der Waals surface area contributed by atoms with Crippen molar-refractivity contribution < 1.29 is 10.0 Å². The first-order valence-electron chi connectivity index (χ1n) is 3.21. The molecular weight excluding hydrogens is 164 g/mol. The van der Waals surface area contributed by atoms with E-state index in [0.717, 1.165) is 0 Å². The lowest BCUT2D eigenvalue weighted by Crippen LogP contribution is -2.15. The van der Waals surface area contributed by atoms with E-state index < -0.39 is 11.0 Å². The van der Waals surface area contributed by atoms with E-state index in [0.29, 0.717) is 0 Å². The molecule has 7 nitrogen and oxygen atoms in total. The minimum absolute atomic E-state index is 0.211. The van der Waals surface area contributed by atoms with Crippen LogP contribution in [0.1, 0.15) is 11.6 Å². The first-order chi connectivity index (χ1) is 5.66. The third kappa shape index (κ3) is 1.41. The number of nitrogens with zero attached hydrogens (tertiary/aromatic N) is 2. The van der Waals surface area contributed by atoms with Crippen LogP contribution in [0.25, 0.3) is 0 Å². The van der Waals surface area contributed by atoms with Crippen LogP contribution in [-0.2, 0) is 0 Å². The Hall–Kier alpha value is -1.47. The highest BCUT2D eigenvalue weighted by atomic mass is 16.6. The normalized spacial score (nSPS) is 12.8. The fourth-order valence-electron chi connectivity index (χ4n) is 0.805. The number of nitrogens with one attached hydrogen (secondary N) is 1. The average Bonchev–Trinajstić information content (AvgIpc) is 2.50. The molecule has 0 saturated carbocycles. The molecule has 12 heavy (non-hydrogen) atoms. The Bertz CT molecular complexity index is 284. The predicted octanol–water partition coefficient (Wildman–Crippen LogP) is -0.690. The second-order valence-electron chi connectivity index (χ2n) is 2.22. The summed E-state index contributed by atoms with van der Waals surface area (Å²) in [5.74, 6) is -0.267. The van der Waals surface area contributed by atoms with Crippen LogP contribution in [0.4, 0.5) is 5.82 Å². The molecule has 1 atom stereocenters. The summed E-state index contributed by atoms with van der Waals surface area (Å²) in [4.78, 5) is 9.67. The Morgan fingerprint density at radius 2 is 2.58 bits per heavy atom. The van der Waals surface area contributed by atoms with Gasteiger partial charge in [-0.3, -0.25) is 0 Å². The van der Waals surface area contributed by atoms with Gasteiger partial charge in [0, 0.05) is 0 Å². The minimum Gasteiger partial charge on any atom is -0.394 e. The summed E-state index contributed by atoms with van der Waals surface area (Å²) in [6.07, 6.45) is 1.24. The molecule has 4 N–H and O–H groups in total. The summed E-state index contributed by atoms with van der Waals surface area (Å²) < 4.78 is 0. The van der Waals surface area contributed by atoms with Crippen molar-refractivity contribution in [3.8, 4) is 0 Å². The van der Waals surface area contributed by atoms with E-state index in [1.54, 1.807) is 0 Å². The fraction of sp³-hybridized carbons (Fsp3) is 0.400. The maximum absolute atomic E-state index is 10.3. The van der Waals surface area contributed by atoms with Crippen LogP contribution in [0.5, 0.6) is 0 Å². The standard InChI is InChI=1S/C5H8N4O3/c6-4(2-10)3-1-7-8-5(3)9(11)12/h1,4,10H,2,6H2,(H,7,8)/t4-/m0/s1. The molecule has 0 aliphatic rings. The molecule has 0 bridgehead atoms. The van der Waals surface area contributed by atoms with Gasteiger partial charge in [0.05, 0.1) is 24.4 Å². The molecule has 1 heterocycles. The number of hydrogen-bond acceptors (Lipinski definition) is 5. The number of aliphatic hydroxyl groups is 1. The van der Waals surface area contributed by atoms with Crippen LogP contribution >= 0.6 is 0 Å². The lowest BCUT2D eigenvalue weighted by Gasteiger charge is -2.03. The molecule has 0 unspecified atom stereocenters. The SMILES string of the molecule is N[C@@H](CO)c1cn[nH]c1[N+](=O)[O-]. The quantitative estimate of drug-likeness (QED) is 0.412. The zero-order valence-corrected chi connectivity index (χ0v) is 6.10. The van der Waals surface area contributed by atoms with Crippen LogP contribution in [-0.4, -0.2) is 26.8 Å². The van der Waals surface area contributed by atoms with E-state index >= 15 is 0 Å². The summed E-state index contributed by atoms with van der Waals surface area (Å²) in [5.41, 5.74) is 5.57. The van der Waals surface area contributed by atoms with Crippen molar-refractivity contribution in [1.29, 1.82) is 0 Å². The number of aromatic amines is 1. The van der Waals surface area contributed by atoms with Crippen LogP contribution in [0.2, 0.25) is 0 Å². The van der Waals surface area contributed by atoms with Crippen molar-refractivity contribution in [2.45, 2.75) is 6.04 Å². The van der Waals surface area contributed by atoms with Gasteiger partial charge in [0.2, 0.25) is 0 Å². The zero-order valence-electron chi connectivity index (χ0n) is 6.10. The molecule has 66 valence electrons. The van der Waals surface area contributed by atoms with E-state index in [2.05, 4.69) is 10.2 Å². The van der Waals surface area contributed by atoms with Crippen molar-refractivity contribution >= 4 is 5.82 Å². The van der Waals surface area contributed by atoms with Gasteiger partial charge in [0.1, 0.15) is 0 Å². The predicted molar refractivity (Wildman–Crippen MR) is 39.3 cm³/mol. The van der Waals surface area contributed by atoms with E-state index in [4.69, 9.17) is 10.8 Å². The Labute approximate surface area is 67.3 Å². The van der Waals surface area contributed by atoms with Gasteiger partial charge < -0.3 is 21.0 Å². The highest BCUT2D eigenvalue weighted by molar-refractivity contribution is 5.32. The summed E-state index contributed by atoms with van der Waals surface area (Å²) in [6, 6.07) is -0.760. The zero-order chi connectivity index (χ0) is 9.14. The Morgan fingerprint density at radius 3 is 3.08 bits per heavy atom. The maximum Gasteiger partial charge on any atom is 0.347 e. The minimum atomic E-state index is -0.760. The van der Waals surface area contributed by atoms with Crippen molar-refractivity contribution in [1.82, 2.24) is 10.2 Å². The smallest absolute Gasteiger partial charge is 0.347 e. The summed E-state index contributed by atoms with van der Waals surface area (Å²) in [6.45, 7) is -0.347. The number of nitrogens with two attached hydrogens (primary N) is 1. The van der Waals surface area contributed by atoms with E-state index in [1.165, 1.54) is 6.20 Å². The molecule has 0 aliphatic carbocycles. The molecule has 0 saturated heterocycles. The largest absolute Gasteiger partial charge is 0.394 e. The Kier molecular flexibility index (Phi) is 2.36. The van der Waals surface area contributed by atoms with Gasteiger partial charge in [-0.2, -0.15) is 0 Å². The number of H-pyrrole nitrogens is 1. The highest BCUT2D eigenvalue weighted by Crippen LogP contribution is 2.19. The maximum atomic E-state index is 10.3. The van der Waals surface area contributed by atoms with Gasteiger partial charge in [0.25, 0.3) is 0 Å². The molecule has 1 aromatic rings. The summed E-state index contributed by atoms with van der Waals surface area (Å²) in [5, 5.41) is 24.6. The van der Waals surface area contributed by atoms with Crippen LogP contribution < -0.4 is 5.73 Å². The average molecular weight is 172 g/mol. The van der Waals surface area contributed by atoms with Gasteiger partial charge in [-0.05, 0) is 4.92 Å². The molecule has 1 aromatic heterocycles.